The topological polar surface area (TPSA) is 0 Å². The fourth-order valence-electron chi connectivity index (χ4n) is 2.48. The molecule has 82 valence electrons. The number of rotatable bonds is 1. The van der Waals surface area contributed by atoms with Crippen LogP contribution in [0.4, 0.5) is 8.78 Å². The molecular formula is C12H13ClF2. The van der Waals surface area contributed by atoms with Crippen LogP contribution in [-0.4, -0.2) is 5.92 Å². The Balaban J connectivity index is 2.56. The maximum absolute atomic E-state index is 13.8. The molecule has 1 aromatic rings. The Hall–Kier alpha value is -0.630. The Kier molecular flexibility index (Phi) is 2.50. The highest BCUT2D eigenvalue weighted by molar-refractivity contribution is 6.31. The fraction of sp³-hybridized carbons (Fsp3) is 0.500. The van der Waals surface area contributed by atoms with Crippen LogP contribution in [0.1, 0.15) is 30.9 Å². The average molecular weight is 231 g/mol. The quantitative estimate of drug-likeness (QED) is 0.676. The van der Waals surface area contributed by atoms with Gasteiger partial charge in [-0.2, -0.15) is 0 Å². The minimum absolute atomic E-state index is 0.0962. The maximum Gasteiger partial charge on any atom is 0.259 e. The van der Waals surface area contributed by atoms with Crippen molar-refractivity contribution in [1.82, 2.24) is 0 Å². The van der Waals surface area contributed by atoms with Crippen LogP contribution in [0.2, 0.25) is 5.02 Å². The van der Waals surface area contributed by atoms with Crippen LogP contribution in [-0.2, 0) is 6.42 Å². The molecule has 0 heterocycles. The van der Waals surface area contributed by atoms with Crippen molar-refractivity contribution >= 4 is 11.6 Å². The Labute approximate surface area is 93.2 Å². The summed E-state index contributed by atoms with van der Waals surface area (Å²) in [6.07, 6.45) is -0.175. The maximum atomic E-state index is 13.8. The molecule has 1 unspecified atom stereocenters. The molecule has 1 aromatic carbocycles. The monoisotopic (exact) mass is 230 g/mol. The summed E-state index contributed by atoms with van der Waals surface area (Å²) in [6, 6.07) is 5.18. The summed E-state index contributed by atoms with van der Waals surface area (Å²) in [7, 11) is 0. The Morgan fingerprint density at radius 1 is 1.40 bits per heavy atom. The second-order valence-corrected chi connectivity index (χ2v) is 4.88. The summed E-state index contributed by atoms with van der Waals surface area (Å²) in [5.74, 6) is -3.48. The molecule has 1 aliphatic rings. The zero-order chi connectivity index (χ0) is 11.2. The second kappa shape index (κ2) is 3.44. The van der Waals surface area contributed by atoms with Crippen molar-refractivity contribution in [2.45, 2.75) is 32.1 Å². The molecule has 0 aliphatic heterocycles. The Morgan fingerprint density at radius 3 is 2.67 bits per heavy atom. The highest BCUT2D eigenvalue weighted by Crippen LogP contribution is 2.50. The minimum Gasteiger partial charge on any atom is -0.206 e. The Morgan fingerprint density at radius 2 is 2.07 bits per heavy atom. The van der Waals surface area contributed by atoms with E-state index in [9.17, 15) is 8.78 Å². The van der Waals surface area contributed by atoms with Gasteiger partial charge in [-0.05, 0) is 23.1 Å². The van der Waals surface area contributed by atoms with Crippen LogP contribution >= 0.6 is 11.6 Å². The minimum atomic E-state index is -2.65. The van der Waals surface area contributed by atoms with E-state index in [1.165, 1.54) is 0 Å². The van der Waals surface area contributed by atoms with Gasteiger partial charge in [-0.1, -0.05) is 37.6 Å². The summed E-state index contributed by atoms with van der Waals surface area (Å²) in [6.45, 7) is 3.63. The van der Waals surface area contributed by atoms with E-state index in [0.717, 1.165) is 0 Å². The molecule has 0 radical (unpaired) electrons. The van der Waals surface area contributed by atoms with Crippen LogP contribution in [0.3, 0.4) is 0 Å². The number of hydrogen-bond donors (Lipinski definition) is 0. The highest BCUT2D eigenvalue weighted by atomic mass is 35.5. The third-order valence-electron chi connectivity index (χ3n) is 3.00. The van der Waals surface area contributed by atoms with Crippen molar-refractivity contribution in [3.05, 3.63) is 34.3 Å². The first-order chi connectivity index (χ1) is 6.93. The summed E-state index contributed by atoms with van der Waals surface area (Å²) in [5, 5.41) is 0.475. The van der Waals surface area contributed by atoms with Crippen LogP contribution in [0.5, 0.6) is 0 Å². The van der Waals surface area contributed by atoms with E-state index in [1.807, 2.05) is 13.8 Å². The molecule has 0 amide bonds. The predicted octanol–water partition coefficient (Wildman–Crippen LogP) is 4.27. The smallest absolute Gasteiger partial charge is 0.206 e. The SMILES string of the molecule is CC(C)C1c2c(Cl)cccc2CC1(F)F. The van der Waals surface area contributed by atoms with Crippen LogP contribution < -0.4 is 0 Å². The lowest BCUT2D eigenvalue weighted by molar-refractivity contribution is -0.0286. The first-order valence-corrected chi connectivity index (χ1v) is 5.46. The van der Waals surface area contributed by atoms with Gasteiger partial charge in [-0.3, -0.25) is 0 Å². The molecule has 0 fully saturated rings. The third kappa shape index (κ3) is 1.65. The van der Waals surface area contributed by atoms with Crippen LogP contribution in [0.25, 0.3) is 0 Å². The van der Waals surface area contributed by atoms with E-state index in [1.54, 1.807) is 18.2 Å². The molecule has 0 nitrogen and oxygen atoms in total. The van der Waals surface area contributed by atoms with Gasteiger partial charge in [-0.25, -0.2) is 8.78 Å². The normalized spacial score (nSPS) is 23.2. The van der Waals surface area contributed by atoms with E-state index >= 15 is 0 Å². The van der Waals surface area contributed by atoms with Gasteiger partial charge in [0.25, 0.3) is 5.92 Å². The molecular weight excluding hydrogens is 218 g/mol. The first-order valence-electron chi connectivity index (χ1n) is 5.08. The van der Waals surface area contributed by atoms with Crippen LogP contribution in [0.15, 0.2) is 18.2 Å². The van der Waals surface area contributed by atoms with Crippen molar-refractivity contribution < 1.29 is 8.78 Å². The van der Waals surface area contributed by atoms with E-state index in [4.69, 9.17) is 11.6 Å². The van der Waals surface area contributed by atoms with E-state index in [-0.39, 0.29) is 12.3 Å². The molecule has 0 saturated carbocycles. The number of hydrogen-bond acceptors (Lipinski definition) is 0. The van der Waals surface area contributed by atoms with Gasteiger partial charge >= 0.3 is 0 Å². The molecule has 0 spiro atoms. The molecule has 1 aliphatic carbocycles. The fourth-order valence-corrected chi connectivity index (χ4v) is 2.79. The molecule has 0 saturated heterocycles. The predicted molar refractivity (Wildman–Crippen MR) is 57.7 cm³/mol. The summed E-state index contributed by atoms with van der Waals surface area (Å²) in [5.41, 5.74) is 1.35. The lowest BCUT2D eigenvalue weighted by atomic mass is 9.88. The lowest BCUT2D eigenvalue weighted by Crippen LogP contribution is -2.26. The van der Waals surface area contributed by atoms with Gasteiger partial charge in [0, 0.05) is 11.4 Å². The van der Waals surface area contributed by atoms with Gasteiger partial charge < -0.3 is 0 Å². The van der Waals surface area contributed by atoms with Gasteiger partial charge in [0.1, 0.15) is 0 Å². The van der Waals surface area contributed by atoms with Crippen molar-refractivity contribution in [2.24, 2.45) is 5.92 Å². The van der Waals surface area contributed by atoms with Crippen molar-refractivity contribution in [1.29, 1.82) is 0 Å². The Bertz CT molecular complexity index is 385. The summed E-state index contributed by atoms with van der Waals surface area (Å²) >= 11 is 6.00. The van der Waals surface area contributed by atoms with Gasteiger partial charge in [0.05, 0.1) is 5.92 Å². The number of alkyl halides is 2. The number of fused-ring (bicyclic) bond motifs is 1. The molecule has 0 bridgehead atoms. The molecule has 15 heavy (non-hydrogen) atoms. The third-order valence-corrected chi connectivity index (χ3v) is 3.33. The van der Waals surface area contributed by atoms with E-state index in [2.05, 4.69) is 0 Å². The molecule has 1 atom stereocenters. The highest BCUT2D eigenvalue weighted by Gasteiger charge is 2.49. The zero-order valence-corrected chi connectivity index (χ0v) is 9.48. The van der Waals surface area contributed by atoms with Crippen molar-refractivity contribution in [3.63, 3.8) is 0 Å². The van der Waals surface area contributed by atoms with E-state index in [0.29, 0.717) is 16.1 Å². The van der Waals surface area contributed by atoms with Gasteiger partial charge in [0.15, 0.2) is 0 Å². The van der Waals surface area contributed by atoms with E-state index < -0.39 is 11.8 Å². The number of benzene rings is 1. The molecule has 0 N–H and O–H groups in total. The standard InChI is InChI=1S/C12H13ClF2/c1-7(2)11-10-8(6-12(11,14)15)4-3-5-9(10)13/h3-5,7,11H,6H2,1-2H3. The summed E-state index contributed by atoms with van der Waals surface area (Å²) in [4.78, 5) is 0. The second-order valence-electron chi connectivity index (χ2n) is 4.47. The summed E-state index contributed by atoms with van der Waals surface area (Å²) < 4.78 is 27.5. The average Bonchev–Trinajstić information content (AvgIpc) is 2.36. The largest absolute Gasteiger partial charge is 0.259 e. The van der Waals surface area contributed by atoms with Crippen LogP contribution in [0, 0.1) is 5.92 Å². The van der Waals surface area contributed by atoms with Crippen molar-refractivity contribution in [3.8, 4) is 0 Å². The van der Waals surface area contributed by atoms with Gasteiger partial charge in [0.2, 0.25) is 0 Å². The molecule has 2 rings (SSSR count). The first kappa shape index (κ1) is 10.9. The van der Waals surface area contributed by atoms with Crippen molar-refractivity contribution in [2.75, 3.05) is 0 Å². The molecule has 0 aromatic heterocycles. The zero-order valence-electron chi connectivity index (χ0n) is 8.73. The lowest BCUT2D eigenvalue weighted by Gasteiger charge is -2.23. The number of halogens is 3. The molecule has 3 heteroatoms. The van der Waals surface area contributed by atoms with Gasteiger partial charge in [-0.15, -0.1) is 0 Å².